The van der Waals surface area contributed by atoms with E-state index in [2.05, 4.69) is 4.72 Å². The van der Waals surface area contributed by atoms with E-state index in [1.54, 1.807) is 56.3 Å². The van der Waals surface area contributed by atoms with Gasteiger partial charge in [-0.2, -0.15) is 0 Å². The molecule has 3 rings (SSSR count). The van der Waals surface area contributed by atoms with Gasteiger partial charge in [0.15, 0.2) is 0 Å². The molecular weight excluding hydrogens is 410 g/mol. The molecule has 0 radical (unpaired) electrons. The first-order chi connectivity index (χ1) is 13.5. The van der Waals surface area contributed by atoms with Gasteiger partial charge < -0.3 is 4.55 Å². The van der Waals surface area contributed by atoms with Crippen LogP contribution in [0, 0.1) is 20.8 Å². The third-order valence-electron chi connectivity index (χ3n) is 4.58. The maximum atomic E-state index is 12.8. The number of nitrogens with one attached hydrogen (secondary N) is 1. The molecule has 0 aromatic heterocycles. The predicted molar refractivity (Wildman–Crippen MR) is 111 cm³/mol. The normalized spacial score (nSPS) is 12.0. The second-order valence-corrected chi connectivity index (χ2v) is 9.88. The molecule has 0 spiro atoms. The number of anilines is 1. The van der Waals surface area contributed by atoms with Crippen molar-refractivity contribution in [3.8, 4) is 11.1 Å². The summed E-state index contributed by atoms with van der Waals surface area (Å²) in [6.45, 7) is 5.18. The lowest BCUT2D eigenvalue weighted by Crippen LogP contribution is -2.13. The van der Waals surface area contributed by atoms with Crippen molar-refractivity contribution in [2.75, 3.05) is 4.72 Å². The van der Waals surface area contributed by atoms with Gasteiger partial charge in [-0.1, -0.05) is 42.0 Å². The monoisotopic (exact) mass is 430 g/mol. The van der Waals surface area contributed by atoms with E-state index in [0.717, 1.165) is 11.1 Å². The van der Waals surface area contributed by atoms with Gasteiger partial charge in [-0.05, 0) is 61.7 Å². The Labute approximate surface area is 171 Å². The molecule has 0 saturated carbocycles. The zero-order valence-electron chi connectivity index (χ0n) is 16.1. The van der Waals surface area contributed by atoms with Crippen LogP contribution in [0.3, 0.4) is 0 Å². The molecule has 0 unspecified atom stereocenters. The van der Waals surface area contributed by atoms with Gasteiger partial charge in [-0.15, -0.1) is 0 Å². The number of sulfonamides is 1. The minimum Gasteiger partial charge on any atom is -0.744 e. The summed E-state index contributed by atoms with van der Waals surface area (Å²) in [6, 6.07) is 16.0. The number of rotatable bonds is 5. The highest BCUT2D eigenvalue weighted by Crippen LogP contribution is 2.34. The van der Waals surface area contributed by atoms with Gasteiger partial charge in [-0.3, -0.25) is 4.72 Å². The molecule has 29 heavy (non-hydrogen) atoms. The molecule has 1 N–H and O–H groups in total. The van der Waals surface area contributed by atoms with Gasteiger partial charge in [0.1, 0.15) is 10.1 Å². The zero-order chi connectivity index (χ0) is 21.4. The van der Waals surface area contributed by atoms with Gasteiger partial charge in [0.2, 0.25) is 0 Å². The van der Waals surface area contributed by atoms with Gasteiger partial charge in [-0.25, -0.2) is 16.8 Å². The van der Waals surface area contributed by atoms with Gasteiger partial charge in [0.25, 0.3) is 10.0 Å². The molecule has 0 atom stereocenters. The Morgan fingerprint density at radius 1 is 0.759 bits per heavy atom. The largest absolute Gasteiger partial charge is 0.744 e. The summed E-state index contributed by atoms with van der Waals surface area (Å²) in [4.78, 5) is -0.212. The van der Waals surface area contributed by atoms with Crippen molar-refractivity contribution in [2.45, 2.75) is 30.6 Å². The third kappa shape index (κ3) is 4.50. The quantitative estimate of drug-likeness (QED) is 0.617. The average molecular weight is 431 g/mol. The van der Waals surface area contributed by atoms with E-state index in [9.17, 15) is 21.4 Å². The lowest BCUT2D eigenvalue weighted by molar-refractivity contribution is 0.462. The maximum Gasteiger partial charge on any atom is 0.261 e. The summed E-state index contributed by atoms with van der Waals surface area (Å²) >= 11 is 0. The van der Waals surface area contributed by atoms with Crippen LogP contribution in [-0.2, 0) is 20.1 Å². The zero-order valence-corrected chi connectivity index (χ0v) is 17.8. The Balaban J connectivity index is 2.12. The van der Waals surface area contributed by atoms with Crippen LogP contribution >= 0.6 is 0 Å². The van der Waals surface area contributed by atoms with Crippen molar-refractivity contribution < 1.29 is 21.4 Å². The van der Waals surface area contributed by atoms with Crippen molar-refractivity contribution >= 4 is 25.8 Å². The molecule has 8 heteroatoms. The first-order valence-corrected chi connectivity index (χ1v) is 11.6. The van der Waals surface area contributed by atoms with Crippen LogP contribution in [0.1, 0.15) is 16.7 Å². The van der Waals surface area contributed by atoms with E-state index >= 15 is 0 Å². The standard InChI is InChI=1S/C21H21NO5S2/c1-14-8-10-17(11-9-14)28(23,24)22-20-7-5-4-6-18(20)19-13-21(29(25,26)27)16(3)12-15(19)2/h4-13,22H,1-3H3,(H,25,26,27)/p-1. The molecule has 0 aliphatic carbocycles. The van der Waals surface area contributed by atoms with Crippen LogP contribution in [0.5, 0.6) is 0 Å². The molecular formula is C21H20NO5S2-. The van der Waals surface area contributed by atoms with Crippen molar-refractivity contribution in [3.63, 3.8) is 0 Å². The highest BCUT2D eigenvalue weighted by atomic mass is 32.2. The van der Waals surface area contributed by atoms with E-state index in [-0.39, 0.29) is 15.5 Å². The number of benzene rings is 3. The second kappa shape index (κ2) is 7.62. The first-order valence-electron chi connectivity index (χ1n) is 8.75. The van der Waals surface area contributed by atoms with Crippen LogP contribution in [0.2, 0.25) is 0 Å². The summed E-state index contributed by atoms with van der Waals surface area (Å²) in [5, 5.41) is 0. The second-order valence-electron chi connectivity index (χ2n) is 6.85. The summed E-state index contributed by atoms with van der Waals surface area (Å²) in [5.74, 6) is 0. The van der Waals surface area contributed by atoms with E-state index in [1.807, 2.05) is 6.92 Å². The average Bonchev–Trinajstić information content (AvgIpc) is 2.61. The topological polar surface area (TPSA) is 103 Å². The molecule has 0 amide bonds. The molecule has 0 aliphatic rings. The fourth-order valence-corrected chi connectivity index (χ4v) is 4.92. The Kier molecular flexibility index (Phi) is 5.53. The van der Waals surface area contributed by atoms with E-state index < -0.39 is 20.1 Å². The van der Waals surface area contributed by atoms with Crippen LogP contribution < -0.4 is 4.72 Å². The van der Waals surface area contributed by atoms with E-state index in [0.29, 0.717) is 16.7 Å². The lowest BCUT2D eigenvalue weighted by atomic mass is 9.97. The van der Waals surface area contributed by atoms with Gasteiger partial charge in [0.05, 0.1) is 15.5 Å². The van der Waals surface area contributed by atoms with Gasteiger partial charge in [0, 0.05) is 5.56 Å². The highest BCUT2D eigenvalue weighted by Gasteiger charge is 2.18. The molecule has 0 bridgehead atoms. The van der Waals surface area contributed by atoms with Crippen molar-refractivity contribution in [2.24, 2.45) is 0 Å². The van der Waals surface area contributed by atoms with Crippen LogP contribution in [0.15, 0.2) is 70.5 Å². The Morgan fingerprint density at radius 2 is 1.38 bits per heavy atom. The predicted octanol–water partition coefficient (Wildman–Crippen LogP) is 3.98. The van der Waals surface area contributed by atoms with E-state index in [1.165, 1.54) is 18.2 Å². The molecule has 0 aliphatic heterocycles. The summed E-state index contributed by atoms with van der Waals surface area (Å²) in [5.41, 5.74) is 3.23. The van der Waals surface area contributed by atoms with Crippen molar-refractivity contribution in [1.82, 2.24) is 0 Å². The number of aryl methyl sites for hydroxylation is 3. The molecule has 152 valence electrons. The molecule has 3 aromatic carbocycles. The molecule has 6 nitrogen and oxygen atoms in total. The molecule has 0 heterocycles. The lowest BCUT2D eigenvalue weighted by Gasteiger charge is -2.18. The first kappa shape index (κ1) is 21.0. The summed E-state index contributed by atoms with van der Waals surface area (Å²) in [6.07, 6.45) is 0. The van der Waals surface area contributed by atoms with Crippen LogP contribution in [0.25, 0.3) is 11.1 Å². The van der Waals surface area contributed by atoms with Gasteiger partial charge >= 0.3 is 0 Å². The number of hydrogen-bond acceptors (Lipinski definition) is 5. The fraction of sp³-hybridized carbons (Fsp3) is 0.143. The molecule has 3 aromatic rings. The van der Waals surface area contributed by atoms with Crippen LogP contribution in [-0.4, -0.2) is 21.4 Å². The number of para-hydroxylation sites is 1. The Hall–Kier alpha value is -2.68. The number of hydrogen-bond donors (Lipinski definition) is 1. The molecule has 0 fully saturated rings. The maximum absolute atomic E-state index is 12.8. The Bertz CT molecular complexity index is 1280. The van der Waals surface area contributed by atoms with Crippen molar-refractivity contribution in [1.29, 1.82) is 0 Å². The van der Waals surface area contributed by atoms with Crippen molar-refractivity contribution in [3.05, 3.63) is 77.4 Å². The summed E-state index contributed by atoms with van der Waals surface area (Å²) in [7, 11) is -8.51. The SMILES string of the molecule is Cc1ccc(S(=O)(=O)Nc2ccccc2-c2cc(S(=O)(=O)[O-])c(C)cc2C)cc1. The minimum absolute atomic E-state index is 0.112. The van der Waals surface area contributed by atoms with Crippen LogP contribution in [0.4, 0.5) is 5.69 Å². The third-order valence-corrected chi connectivity index (χ3v) is 6.94. The Morgan fingerprint density at radius 3 is 2.00 bits per heavy atom. The highest BCUT2D eigenvalue weighted by molar-refractivity contribution is 7.92. The molecule has 0 saturated heterocycles. The smallest absolute Gasteiger partial charge is 0.261 e. The minimum atomic E-state index is -4.66. The summed E-state index contributed by atoms with van der Waals surface area (Å²) < 4.78 is 63.0. The fourth-order valence-electron chi connectivity index (χ4n) is 3.12. The van der Waals surface area contributed by atoms with E-state index in [4.69, 9.17) is 0 Å².